The number of morpholine rings is 1. The molecule has 0 radical (unpaired) electrons. The van der Waals surface area contributed by atoms with Gasteiger partial charge >= 0.3 is 0 Å². The second-order valence-electron chi connectivity index (χ2n) is 7.29. The van der Waals surface area contributed by atoms with E-state index in [4.69, 9.17) is 9.47 Å². The number of ketones is 1. The number of carbonyl (C=O) groups is 1. The lowest BCUT2D eigenvalue weighted by atomic mass is 10.0. The van der Waals surface area contributed by atoms with Crippen molar-refractivity contribution in [3.8, 4) is 5.75 Å². The van der Waals surface area contributed by atoms with E-state index in [9.17, 15) is 9.18 Å². The highest BCUT2D eigenvalue weighted by Gasteiger charge is 2.22. The molecular formula is C23H25FN2O3. The van der Waals surface area contributed by atoms with Crippen molar-refractivity contribution in [2.24, 2.45) is 0 Å². The molecule has 0 unspecified atom stereocenters. The van der Waals surface area contributed by atoms with Crippen LogP contribution in [0.25, 0.3) is 10.9 Å². The lowest BCUT2D eigenvalue weighted by molar-refractivity contribution is 0.0365. The molecule has 1 saturated heterocycles. The predicted octanol–water partition coefficient (Wildman–Crippen LogP) is 3.66. The van der Waals surface area contributed by atoms with Crippen molar-refractivity contribution in [3.05, 3.63) is 65.1 Å². The Kier molecular flexibility index (Phi) is 5.65. The second-order valence-corrected chi connectivity index (χ2v) is 7.29. The summed E-state index contributed by atoms with van der Waals surface area (Å²) in [6, 6.07) is 11.7. The van der Waals surface area contributed by atoms with Gasteiger partial charge in [-0.25, -0.2) is 4.39 Å². The van der Waals surface area contributed by atoms with E-state index in [0.29, 0.717) is 22.3 Å². The molecule has 0 atom stereocenters. The van der Waals surface area contributed by atoms with Gasteiger partial charge in [0.25, 0.3) is 0 Å². The maximum Gasteiger partial charge on any atom is 0.195 e. The summed E-state index contributed by atoms with van der Waals surface area (Å²) in [5.74, 6) is 0.245. The summed E-state index contributed by atoms with van der Waals surface area (Å²) in [7, 11) is 1.59. The first-order valence-corrected chi connectivity index (χ1v) is 9.85. The molecule has 2 aromatic carbocycles. The first kappa shape index (κ1) is 19.6. The molecule has 2 heterocycles. The number of aromatic nitrogens is 1. The molecule has 1 aliphatic rings. The Morgan fingerprint density at radius 3 is 2.52 bits per heavy atom. The van der Waals surface area contributed by atoms with Gasteiger partial charge in [-0.1, -0.05) is 0 Å². The van der Waals surface area contributed by atoms with Gasteiger partial charge in [-0.3, -0.25) is 9.69 Å². The van der Waals surface area contributed by atoms with Crippen LogP contribution in [-0.4, -0.2) is 55.2 Å². The van der Waals surface area contributed by atoms with E-state index in [2.05, 4.69) is 9.47 Å². The van der Waals surface area contributed by atoms with Crippen LogP contribution in [0.5, 0.6) is 5.75 Å². The minimum Gasteiger partial charge on any atom is -0.497 e. The lowest BCUT2D eigenvalue weighted by Gasteiger charge is -2.27. The fraction of sp³-hybridized carbons (Fsp3) is 0.348. The SMILES string of the molecule is COc1ccc(C(=O)c2c(C)n(CCN3CCOCC3)c3ccc(F)cc23)cc1. The fourth-order valence-electron chi connectivity index (χ4n) is 3.98. The Balaban J connectivity index is 1.71. The molecule has 5 nitrogen and oxygen atoms in total. The van der Waals surface area contributed by atoms with Crippen LogP contribution in [0.1, 0.15) is 21.6 Å². The average molecular weight is 396 g/mol. The molecule has 1 fully saturated rings. The largest absolute Gasteiger partial charge is 0.497 e. The molecular weight excluding hydrogens is 371 g/mol. The lowest BCUT2D eigenvalue weighted by Crippen LogP contribution is -2.38. The molecule has 0 bridgehead atoms. The molecule has 1 aliphatic heterocycles. The van der Waals surface area contributed by atoms with E-state index >= 15 is 0 Å². The third-order valence-corrected chi connectivity index (χ3v) is 5.61. The number of halogens is 1. The van der Waals surface area contributed by atoms with Gasteiger partial charge in [-0.2, -0.15) is 0 Å². The van der Waals surface area contributed by atoms with Crippen LogP contribution in [0, 0.1) is 12.7 Å². The van der Waals surface area contributed by atoms with Gasteiger partial charge in [-0.05, 0) is 49.4 Å². The Hall–Kier alpha value is -2.70. The molecule has 0 aliphatic carbocycles. The minimum atomic E-state index is -0.341. The molecule has 0 saturated carbocycles. The Morgan fingerprint density at radius 1 is 1.10 bits per heavy atom. The van der Waals surface area contributed by atoms with Crippen molar-refractivity contribution in [2.45, 2.75) is 13.5 Å². The van der Waals surface area contributed by atoms with Crippen molar-refractivity contribution in [3.63, 3.8) is 0 Å². The van der Waals surface area contributed by atoms with Crippen LogP contribution in [0.4, 0.5) is 4.39 Å². The van der Waals surface area contributed by atoms with E-state index < -0.39 is 0 Å². The first-order valence-electron chi connectivity index (χ1n) is 9.85. The standard InChI is InChI=1S/C23H25FN2O3/c1-16-22(23(27)17-3-6-19(28-2)7-4-17)20-15-18(24)5-8-21(20)26(16)10-9-25-11-13-29-14-12-25/h3-8,15H,9-14H2,1-2H3. The van der Waals surface area contributed by atoms with Crippen LogP contribution in [0.3, 0.4) is 0 Å². The molecule has 6 heteroatoms. The average Bonchev–Trinajstić information content (AvgIpc) is 3.02. The molecule has 152 valence electrons. The van der Waals surface area contributed by atoms with E-state index in [1.54, 1.807) is 37.4 Å². The third-order valence-electron chi connectivity index (χ3n) is 5.61. The van der Waals surface area contributed by atoms with Crippen LogP contribution in [-0.2, 0) is 11.3 Å². The van der Waals surface area contributed by atoms with Crippen LogP contribution in [0.15, 0.2) is 42.5 Å². The van der Waals surface area contributed by atoms with Gasteiger partial charge in [0.15, 0.2) is 5.78 Å². The third kappa shape index (κ3) is 3.91. The first-order chi connectivity index (χ1) is 14.1. The molecule has 0 N–H and O–H groups in total. The number of benzene rings is 2. The summed E-state index contributed by atoms with van der Waals surface area (Å²) in [5, 5.41) is 0.658. The summed E-state index contributed by atoms with van der Waals surface area (Å²) < 4.78 is 26.8. The van der Waals surface area contributed by atoms with E-state index in [1.807, 2.05) is 6.92 Å². The number of hydrogen-bond acceptors (Lipinski definition) is 4. The van der Waals surface area contributed by atoms with Crippen LogP contribution in [0.2, 0.25) is 0 Å². The van der Waals surface area contributed by atoms with E-state index in [-0.39, 0.29) is 11.6 Å². The van der Waals surface area contributed by atoms with Crippen LogP contribution >= 0.6 is 0 Å². The molecule has 29 heavy (non-hydrogen) atoms. The minimum absolute atomic E-state index is 0.106. The molecule has 3 aromatic rings. The number of hydrogen-bond donors (Lipinski definition) is 0. The van der Waals surface area contributed by atoms with Crippen molar-refractivity contribution >= 4 is 16.7 Å². The number of fused-ring (bicyclic) bond motifs is 1. The normalized spacial score (nSPS) is 15.0. The van der Waals surface area contributed by atoms with Crippen LogP contribution < -0.4 is 4.74 Å². The topological polar surface area (TPSA) is 43.7 Å². The summed E-state index contributed by atoms with van der Waals surface area (Å²) in [6.07, 6.45) is 0. The second kappa shape index (κ2) is 8.35. The summed E-state index contributed by atoms with van der Waals surface area (Å²) >= 11 is 0. The highest BCUT2D eigenvalue weighted by atomic mass is 19.1. The zero-order valence-corrected chi connectivity index (χ0v) is 16.8. The molecule has 0 spiro atoms. The van der Waals surface area contributed by atoms with Gasteiger partial charge < -0.3 is 14.0 Å². The summed E-state index contributed by atoms with van der Waals surface area (Å²) in [5.41, 5.74) is 2.87. The maximum absolute atomic E-state index is 14.0. The van der Waals surface area contributed by atoms with Gasteiger partial charge in [0.1, 0.15) is 11.6 Å². The van der Waals surface area contributed by atoms with Crippen molar-refractivity contribution < 1.29 is 18.7 Å². The zero-order valence-electron chi connectivity index (χ0n) is 16.8. The highest BCUT2D eigenvalue weighted by molar-refractivity contribution is 6.17. The van der Waals surface area contributed by atoms with Gasteiger partial charge in [-0.15, -0.1) is 0 Å². The van der Waals surface area contributed by atoms with E-state index in [1.165, 1.54) is 12.1 Å². The summed E-state index contributed by atoms with van der Waals surface area (Å²) in [4.78, 5) is 15.7. The number of rotatable bonds is 6. The van der Waals surface area contributed by atoms with Crippen molar-refractivity contribution in [2.75, 3.05) is 40.0 Å². The number of ether oxygens (including phenoxy) is 2. The molecule has 4 rings (SSSR count). The summed E-state index contributed by atoms with van der Waals surface area (Å²) in [6.45, 7) is 6.85. The van der Waals surface area contributed by atoms with Crippen molar-refractivity contribution in [1.82, 2.24) is 9.47 Å². The predicted molar refractivity (Wildman–Crippen MR) is 110 cm³/mol. The monoisotopic (exact) mass is 396 g/mol. The number of methoxy groups -OCH3 is 1. The smallest absolute Gasteiger partial charge is 0.195 e. The number of carbonyl (C=O) groups excluding carboxylic acids is 1. The quantitative estimate of drug-likeness (QED) is 0.597. The molecule has 0 amide bonds. The van der Waals surface area contributed by atoms with E-state index in [0.717, 1.165) is 50.6 Å². The highest BCUT2D eigenvalue weighted by Crippen LogP contribution is 2.29. The van der Waals surface area contributed by atoms with Crippen molar-refractivity contribution in [1.29, 1.82) is 0 Å². The number of nitrogens with zero attached hydrogens (tertiary/aromatic N) is 2. The Morgan fingerprint density at radius 2 is 1.83 bits per heavy atom. The molecule has 1 aromatic heterocycles. The van der Waals surface area contributed by atoms with Gasteiger partial charge in [0.2, 0.25) is 0 Å². The fourth-order valence-corrected chi connectivity index (χ4v) is 3.98. The van der Waals surface area contributed by atoms with Gasteiger partial charge in [0, 0.05) is 48.3 Å². The zero-order chi connectivity index (χ0) is 20.4. The Labute approximate surface area is 169 Å². The Bertz CT molecular complexity index is 1020. The van der Waals surface area contributed by atoms with Gasteiger partial charge in [0.05, 0.1) is 25.9 Å². The maximum atomic E-state index is 14.0.